The quantitative estimate of drug-likeness (QED) is 0.257. The average molecular weight is 447 g/mol. The van der Waals surface area contributed by atoms with E-state index in [1.807, 2.05) is 0 Å². The lowest BCUT2D eigenvalue weighted by molar-refractivity contribution is -0.146. The van der Waals surface area contributed by atoms with Crippen molar-refractivity contribution < 1.29 is 27.9 Å². The molecule has 0 N–H and O–H groups in total. The fraction of sp³-hybridized carbons (Fsp3) is 0.316. The number of rotatable bonds is 10. The zero-order valence-electron chi connectivity index (χ0n) is 15.5. The van der Waals surface area contributed by atoms with Crippen LogP contribution in [0.2, 0.25) is 10.0 Å². The van der Waals surface area contributed by atoms with Gasteiger partial charge in [-0.2, -0.15) is 0 Å². The van der Waals surface area contributed by atoms with Crippen LogP contribution in [0, 0.1) is 0 Å². The number of carbonyl (C=O) groups is 1. The summed E-state index contributed by atoms with van der Waals surface area (Å²) in [6.07, 6.45) is 0.436. The molecule has 0 amide bonds. The molecule has 6 nitrogen and oxygen atoms in total. The van der Waals surface area contributed by atoms with Gasteiger partial charge in [-0.05, 0) is 24.6 Å². The van der Waals surface area contributed by atoms with Gasteiger partial charge in [0, 0.05) is 31.2 Å². The Hall–Kier alpha value is -1.56. The minimum atomic E-state index is -3.67. The van der Waals surface area contributed by atoms with Crippen LogP contribution in [0.1, 0.15) is 24.3 Å². The molecule has 0 aliphatic carbocycles. The van der Waals surface area contributed by atoms with Crippen molar-refractivity contribution in [3.05, 3.63) is 64.1 Å². The average Bonchev–Trinajstić information content (AvgIpc) is 2.70. The fourth-order valence-electron chi connectivity index (χ4n) is 2.37. The normalized spacial score (nSPS) is 12.4. The SMILES string of the molecule is COP(=O)(OC)C(OC(=O)CCCOc1ccc(Cl)cc1Cl)c1ccccc1. The van der Waals surface area contributed by atoms with E-state index in [9.17, 15) is 9.36 Å². The van der Waals surface area contributed by atoms with E-state index in [4.69, 9.17) is 41.7 Å². The summed E-state index contributed by atoms with van der Waals surface area (Å²) in [6, 6.07) is 13.6. The summed E-state index contributed by atoms with van der Waals surface area (Å²) in [5, 5.41) is 0.897. The summed E-state index contributed by atoms with van der Waals surface area (Å²) >= 11 is 11.9. The third kappa shape index (κ3) is 6.23. The summed E-state index contributed by atoms with van der Waals surface area (Å²) in [5.41, 5.74) is 0.520. The van der Waals surface area contributed by atoms with Crippen LogP contribution in [0.15, 0.2) is 48.5 Å². The molecule has 2 rings (SSSR count). The molecular formula is C19H21Cl2O6P. The van der Waals surface area contributed by atoms with Crippen molar-refractivity contribution in [2.75, 3.05) is 20.8 Å². The van der Waals surface area contributed by atoms with E-state index in [2.05, 4.69) is 0 Å². The van der Waals surface area contributed by atoms with Gasteiger partial charge in [-0.3, -0.25) is 9.36 Å². The molecule has 0 aromatic heterocycles. The summed E-state index contributed by atoms with van der Waals surface area (Å²) in [6.45, 7) is 0.249. The third-order valence-corrected chi connectivity index (χ3v) is 6.33. The number of halogens is 2. The number of benzene rings is 2. The summed E-state index contributed by atoms with van der Waals surface area (Å²) in [5.74, 6) is -1.22. The zero-order valence-corrected chi connectivity index (χ0v) is 17.9. The maximum Gasteiger partial charge on any atom is 0.375 e. The van der Waals surface area contributed by atoms with Crippen molar-refractivity contribution in [1.82, 2.24) is 0 Å². The Labute approximate surface area is 174 Å². The van der Waals surface area contributed by atoms with Gasteiger partial charge in [-0.25, -0.2) is 0 Å². The molecule has 0 aliphatic rings. The Kier molecular flexibility index (Phi) is 8.80. The summed E-state index contributed by atoms with van der Waals surface area (Å²) in [7, 11) is -1.17. The predicted molar refractivity (Wildman–Crippen MR) is 108 cm³/mol. The first-order valence-corrected chi connectivity index (χ1v) is 10.8. The molecule has 28 heavy (non-hydrogen) atoms. The Morgan fingerprint density at radius 1 is 1.07 bits per heavy atom. The summed E-state index contributed by atoms with van der Waals surface area (Å²) in [4.78, 5) is 12.3. The summed E-state index contributed by atoms with van der Waals surface area (Å²) < 4.78 is 33.8. The fourth-order valence-corrected chi connectivity index (χ4v) is 4.15. The highest BCUT2D eigenvalue weighted by Gasteiger charge is 2.38. The van der Waals surface area contributed by atoms with Gasteiger partial charge in [0.2, 0.25) is 5.85 Å². The van der Waals surface area contributed by atoms with Gasteiger partial charge in [0.15, 0.2) is 0 Å². The van der Waals surface area contributed by atoms with Crippen molar-refractivity contribution in [3.63, 3.8) is 0 Å². The van der Waals surface area contributed by atoms with Crippen molar-refractivity contribution >= 4 is 36.8 Å². The molecule has 0 spiro atoms. The Morgan fingerprint density at radius 3 is 2.36 bits per heavy atom. The first kappa shape index (κ1) is 22.7. The molecular weight excluding hydrogens is 426 g/mol. The van der Waals surface area contributed by atoms with Crippen molar-refractivity contribution in [2.45, 2.75) is 18.7 Å². The minimum Gasteiger partial charge on any atom is -0.492 e. The van der Waals surface area contributed by atoms with Crippen molar-refractivity contribution in [2.24, 2.45) is 0 Å². The van der Waals surface area contributed by atoms with Gasteiger partial charge in [0.05, 0.1) is 11.6 Å². The van der Waals surface area contributed by atoms with Gasteiger partial charge < -0.3 is 18.5 Å². The van der Waals surface area contributed by atoms with Crippen LogP contribution in [0.4, 0.5) is 0 Å². The maximum atomic E-state index is 12.8. The first-order chi connectivity index (χ1) is 13.4. The van der Waals surface area contributed by atoms with Crippen molar-refractivity contribution in [1.29, 1.82) is 0 Å². The third-order valence-electron chi connectivity index (χ3n) is 3.80. The molecule has 152 valence electrons. The van der Waals surface area contributed by atoms with Crippen LogP contribution in [0.25, 0.3) is 0 Å². The maximum absolute atomic E-state index is 12.8. The van der Waals surface area contributed by atoms with Gasteiger partial charge in [0.25, 0.3) is 0 Å². The largest absolute Gasteiger partial charge is 0.492 e. The van der Waals surface area contributed by atoms with Gasteiger partial charge >= 0.3 is 13.6 Å². The van der Waals surface area contributed by atoms with E-state index in [1.165, 1.54) is 14.2 Å². The lowest BCUT2D eigenvalue weighted by Crippen LogP contribution is -2.14. The van der Waals surface area contributed by atoms with Crippen LogP contribution in [-0.4, -0.2) is 26.8 Å². The first-order valence-electron chi connectivity index (χ1n) is 8.43. The van der Waals surface area contributed by atoms with Crippen LogP contribution < -0.4 is 4.74 Å². The Bertz CT molecular complexity index is 822. The monoisotopic (exact) mass is 446 g/mol. The molecule has 0 bridgehead atoms. The van der Waals surface area contributed by atoms with E-state index >= 15 is 0 Å². The molecule has 1 unspecified atom stereocenters. The molecule has 0 saturated heterocycles. The highest BCUT2D eigenvalue weighted by molar-refractivity contribution is 7.54. The second-order valence-corrected chi connectivity index (χ2v) is 8.81. The van der Waals surface area contributed by atoms with Gasteiger partial charge in [0.1, 0.15) is 5.75 Å². The lowest BCUT2D eigenvalue weighted by Gasteiger charge is -2.24. The molecule has 0 fully saturated rings. The molecule has 2 aromatic carbocycles. The highest BCUT2D eigenvalue weighted by Crippen LogP contribution is 2.60. The molecule has 0 radical (unpaired) electrons. The zero-order chi connectivity index (χ0) is 20.6. The second-order valence-electron chi connectivity index (χ2n) is 5.68. The number of hydrogen-bond donors (Lipinski definition) is 0. The number of esters is 1. The number of hydrogen-bond acceptors (Lipinski definition) is 6. The van der Waals surface area contributed by atoms with Crippen LogP contribution in [-0.2, 0) is 23.1 Å². The molecule has 0 saturated carbocycles. The molecule has 1 atom stereocenters. The van der Waals surface area contributed by atoms with Crippen LogP contribution in [0.5, 0.6) is 5.75 Å². The minimum absolute atomic E-state index is 0.0575. The van der Waals surface area contributed by atoms with E-state index in [1.54, 1.807) is 48.5 Å². The van der Waals surface area contributed by atoms with Crippen LogP contribution >= 0.6 is 30.8 Å². The van der Waals surface area contributed by atoms with E-state index in [0.717, 1.165) is 0 Å². The van der Waals surface area contributed by atoms with Crippen molar-refractivity contribution in [3.8, 4) is 5.75 Å². The Balaban J connectivity index is 1.93. The van der Waals surface area contributed by atoms with E-state index in [0.29, 0.717) is 27.8 Å². The molecule has 0 heterocycles. The Morgan fingerprint density at radius 2 is 1.75 bits per heavy atom. The van der Waals surface area contributed by atoms with Crippen LogP contribution in [0.3, 0.4) is 0 Å². The van der Waals surface area contributed by atoms with Gasteiger partial charge in [-0.15, -0.1) is 0 Å². The smallest absolute Gasteiger partial charge is 0.375 e. The number of ether oxygens (including phenoxy) is 2. The molecule has 0 aliphatic heterocycles. The lowest BCUT2D eigenvalue weighted by atomic mass is 10.2. The second kappa shape index (κ2) is 10.8. The topological polar surface area (TPSA) is 71.1 Å². The van der Waals surface area contributed by atoms with E-state index in [-0.39, 0.29) is 13.0 Å². The number of carbonyl (C=O) groups excluding carboxylic acids is 1. The molecule has 9 heteroatoms. The molecule has 2 aromatic rings. The van der Waals surface area contributed by atoms with E-state index < -0.39 is 19.4 Å². The predicted octanol–water partition coefficient (Wildman–Crippen LogP) is 5.88. The van der Waals surface area contributed by atoms with Gasteiger partial charge in [-0.1, -0.05) is 53.5 Å². The standard InChI is InChI=1S/C19H21Cl2O6P/c1-24-28(23,25-2)19(14-7-4-3-5-8-14)27-18(22)9-6-12-26-17-11-10-15(20)13-16(17)21/h3-5,7-8,10-11,13,19H,6,9,12H2,1-2H3. The highest BCUT2D eigenvalue weighted by atomic mass is 35.5.